The molecule has 6 heteroatoms. The van der Waals surface area contributed by atoms with Gasteiger partial charge < -0.3 is 10.0 Å². The molecule has 2 aliphatic rings. The Morgan fingerprint density at radius 1 is 1.41 bits per heavy atom. The van der Waals surface area contributed by atoms with Crippen LogP contribution in [0.3, 0.4) is 0 Å². The topological polar surface area (TPSA) is 60.9 Å². The molecule has 120 valence electrons. The highest BCUT2D eigenvalue weighted by molar-refractivity contribution is 7.10. The standard InChI is InChI=1S/C16H22N2O3S/c1-2-12-11-6-9-22-14(11)5-8-18(12)15(19)10-17-7-3-4-13(17)16(20)21/h6,9,12-13H,2-5,7-8,10H2,1H3,(H,20,21)/t12?,13-/m1/s1. The van der Waals surface area contributed by atoms with E-state index in [1.807, 2.05) is 9.80 Å². The summed E-state index contributed by atoms with van der Waals surface area (Å²) in [7, 11) is 0. The third-order valence-corrected chi connectivity index (χ3v) is 5.79. The number of likely N-dealkylation sites (tertiary alicyclic amines) is 1. The van der Waals surface area contributed by atoms with Crippen molar-refractivity contribution < 1.29 is 14.7 Å². The van der Waals surface area contributed by atoms with Crippen molar-refractivity contribution in [3.8, 4) is 0 Å². The van der Waals surface area contributed by atoms with Crippen LogP contribution in [0.4, 0.5) is 0 Å². The second kappa shape index (κ2) is 6.38. The molecule has 1 N–H and O–H groups in total. The zero-order valence-corrected chi connectivity index (χ0v) is 13.6. The zero-order valence-electron chi connectivity index (χ0n) is 12.8. The molecule has 22 heavy (non-hydrogen) atoms. The number of nitrogens with zero attached hydrogens (tertiary/aromatic N) is 2. The Balaban J connectivity index is 1.71. The number of carbonyl (C=O) groups is 2. The normalized spacial score (nSPS) is 25.2. The number of rotatable bonds is 4. The summed E-state index contributed by atoms with van der Waals surface area (Å²) >= 11 is 1.77. The molecule has 0 aliphatic carbocycles. The number of thiophene rings is 1. The maximum Gasteiger partial charge on any atom is 0.320 e. The fourth-order valence-electron chi connectivity index (χ4n) is 3.69. The van der Waals surface area contributed by atoms with E-state index in [9.17, 15) is 14.7 Å². The number of fused-ring (bicyclic) bond motifs is 1. The molecule has 3 rings (SSSR count). The van der Waals surface area contributed by atoms with Crippen LogP contribution in [0.15, 0.2) is 11.4 Å². The lowest BCUT2D eigenvalue weighted by atomic mass is 9.97. The summed E-state index contributed by atoms with van der Waals surface area (Å²) in [5.41, 5.74) is 1.28. The minimum Gasteiger partial charge on any atom is -0.480 e. The van der Waals surface area contributed by atoms with E-state index in [4.69, 9.17) is 0 Å². The number of carbonyl (C=O) groups excluding carboxylic acids is 1. The van der Waals surface area contributed by atoms with E-state index in [2.05, 4.69) is 18.4 Å². The van der Waals surface area contributed by atoms with E-state index in [0.29, 0.717) is 13.0 Å². The van der Waals surface area contributed by atoms with Gasteiger partial charge in [0.05, 0.1) is 12.6 Å². The van der Waals surface area contributed by atoms with Gasteiger partial charge in [-0.15, -0.1) is 11.3 Å². The van der Waals surface area contributed by atoms with Gasteiger partial charge in [-0.3, -0.25) is 14.5 Å². The predicted molar refractivity (Wildman–Crippen MR) is 85.0 cm³/mol. The van der Waals surface area contributed by atoms with E-state index in [-0.39, 0.29) is 18.5 Å². The first-order valence-corrected chi connectivity index (χ1v) is 8.82. The fraction of sp³-hybridized carbons (Fsp3) is 0.625. The molecular formula is C16H22N2O3S. The van der Waals surface area contributed by atoms with Gasteiger partial charge in [0, 0.05) is 11.4 Å². The minimum absolute atomic E-state index is 0.0665. The van der Waals surface area contributed by atoms with Crippen molar-refractivity contribution in [3.63, 3.8) is 0 Å². The van der Waals surface area contributed by atoms with E-state index in [1.165, 1.54) is 10.4 Å². The summed E-state index contributed by atoms with van der Waals surface area (Å²) in [5.74, 6) is -0.743. The lowest BCUT2D eigenvalue weighted by Gasteiger charge is -2.36. The lowest BCUT2D eigenvalue weighted by Crippen LogP contribution is -2.47. The molecule has 1 aromatic rings. The molecule has 1 amide bonds. The Labute approximate surface area is 134 Å². The van der Waals surface area contributed by atoms with Crippen LogP contribution < -0.4 is 0 Å². The van der Waals surface area contributed by atoms with Gasteiger partial charge in [0.15, 0.2) is 0 Å². The maximum absolute atomic E-state index is 12.7. The lowest BCUT2D eigenvalue weighted by molar-refractivity contribution is -0.144. The van der Waals surface area contributed by atoms with Crippen LogP contribution in [0.25, 0.3) is 0 Å². The second-order valence-corrected chi connectivity index (χ2v) is 7.03. The Hall–Kier alpha value is -1.40. The first kappa shape index (κ1) is 15.5. The van der Waals surface area contributed by atoms with E-state index in [1.54, 1.807) is 11.3 Å². The number of carboxylic acids is 1. The predicted octanol–water partition coefficient (Wildman–Crippen LogP) is 2.13. The van der Waals surface area contributed by atoms with Crippen molar-refractivity contribution in [2.45, 2.75) is 44.7 Å². The fourth-order valence-corrected chi connectivity index (χ4v) is 4.62. The highest BCUT2D eigenvalue weighted by atomic mass is 32.1. The minimum atomic E-state index is -0.809. The molecule has 1 fully saturated rings. The molecule has 2 atom stereocenters. The van der Waals surface area contributed by atoms with Gasteiger partial charge in [-0.25, -0.2) is 0 Å². The summed E-state index contributed by atoms with van der Waals surface area (Å²) in [6.45, 7) is 3.79. The summed E-state index contributed by atoms with van der Waals surface area (Å²) in [5, 5.41) is 11.3. The molecule has 5 nitrogen and oxygen atoms in total. The van der Waals surface area contributed by atoms with Gasteiger partial charge >= 0.3 is 5.97 Å². The van der Waals surface area contributed by atoms with Crippen LogP contribution >= 0.6 is 11.3 Å². The van der Waals surface area contributed by atoms with Gasteiger partial charge in [-0.2, -0.15) is 0 Å². The molecule has 1 aromatic heterocycles. The third-order valence-electron chi connectivity index (χ3n) is 4.79. The maximum atomic E-state index is 12.7. The Kier molecular flexibility index (Phi) is 4.49. The first-order valence-electron chi connectivity index (χ1n) is 7.94. The number of amides is 1. The smallest absolute Gasteiger partial charge is 0.320 e. The van der Waals surface area contributed by atoms with Gasteiger partial charge in [0.1, 0.15) is 6.04 Å². The van der Waals surface area contributed by atoms with Crippen LogP contribution in [-0.4, -0.2) is 52.5 Å². The highest BCUT2D eigenvalue weighted by Gasteiger charge is 2.35. The van der Waals surface area contributed by atoms with Crippen LogP contribution in [0.5, 0.6) is 0 Å². The third kappa shape index (κ3) is 2.77. The van der Waals surface area contributed by atoms with Crippen LogP contribution in [0.1, 0.15) is 42.7 Å². The molecule has 3 heterocycles. The molecule has 0 saturated carbocycles. The molecular weight excluding hydrogens is 300 g/mol. The van der Waals surface area contributed by atoms with Crippen molar-refractivity contribution in [3.05, 3.63) is 21.9 Å². The monoisotopic (exact) mass is 322 g/mol. The number of carboxylic acid groups (broad SMARTS) is 1. The number of hydrogen-bond donors (Lipinski definition) is 1. The SMILES string of the molecule is CCC1c2ccsc2CCN1C(=O)CN1CCC[C@@H]1C(=O)O. The zero-order chi connectivity index (χ0) is 15.7. The number of hydrogen-bond acceptors (Lipinski definition) is 4. The summed E-state index contributed by atoms with van der Waals surface area (Å²) in [6, 6.07) is 1.78. The molecule has 2 aliphatic heterocycles. The van der Waals surface area contributed by atoms with Crippen LogP contribution in [0.2, 0.25) is 0 Å². The van der Waals surface area contributed by atoms with Crippen molar-refractivity contribution in [2.75, 3.05) is 19.6 Å². The van der Waals surface area contributed by atoms with E-state index >= 15 is 0 Å². The number of aliphatic carboxylic acids is 1. The average Bonchev–Trinajstić information content (AvgIpc) is 3.14. The Morgan fingerprint density at radius 2 is 2.23 bits per heavy atom. The summed E-state index contributed by atoms with van der Waals surface area (Å²) < 4.78 is 0. The second-order valence-electron chi connectivity index (χ2n) is 6.03. The Morgan fingerprint density at radius 3 is 2.95 bits per heavy atom. The van der Waals surface area contributed by atoms with E-state index in [0.717, 1.165) is 25.8 Å². The van der Waals surface area contributed by atoms with Crippen molar-refractivity contribution in [1.82, 2.24) is 9.80 Å². The average molecular weight is 322 g/mol. The van der Waals surface area contributed by atoms with E-state index < -0.39 is 12.0 Å². The quantitative estimate of drug-likeness (QED) is 0.922. The molecule has 1 saturated heterocycles. The molecule has 0 radical (unpaired) electrons. The van der Waals surface area contributed by atoms with Gasteiger partial charge in [-0.05, 0) is 49.2 Å². The van der Waals surface area contributed by atoms with Crippen molar-refractivity contribution >= 4 is 23.2 Å². The molecule has 0 aromatic carbocycles. The Bertz CT molecular complexity index is 571. The van der Waals surface area contributed by atoms with Gasteiger partial charge in [-0.1, -0.05) is 6.92 Å². The molecule has 0 spiro atoms. The largest absolute Gasteiger partial charge is 0.480 e. The highest BCUT2D eigenvalue weighted by Crippen LogP contribution is 2.35. The van der Waals surface area contributed by atoms with Gasteiger partial charge in [0.25, 0.3) is 0 Å². The van der Waals surface area contributed by atoms with Crippen LogP contribution in [-0.2, 0) is 16.0 Å². The molecule has 0 bridgehead atoms. The van der Waals surface area contributed by atoms with Crippen LogP contribution in [0, 0.1) is 0 Å². The van der Waals surface area contributed by atoms with Crippen molar-refractivity contribution in [1.29, 1.82) is 0 Å². The van der Waals surface area contributed by atoms with Gasteiger partial charge in [0.2, 0.25) is 5.91 Å². The molecule has 1 unspecified atom stereocenters. The summed E-state index contributed by atoms with van der Waals surface area (Å²) in [4.78, 5) is 29.1. The summed E-state index contributed by atoms with van der Waals surface area (Å²) in [6.07, 6.45) is 3.32. The van der Waals surface area contributed by atoms with Crippen molar-refractivity contribution in [2.24, 2.45) is 0 Å². The first-order chi connectivity index (χ1) is 10.6.